The van der Waals surface area contributed by atoms with Gasteiger partial charge in [-0.1, -0.05) is 12.1 Å². The number of rotatable bonds is 2. The number of carbonyl (C=O) groups is 1. The topological polar surface area (TPSA) is 96.0 Å². The second-order valence-corrected chi connectivity index (χ2v) is 8.21. The van der Waals surface area contributed by atoms with Crippen LogP contribution in [0.5, 0.6) is 0 Å². The maximum atomic E-state index is 12.7. The van der Waals surface area contributed by atoms with Crippen molar-refractivity contribution in [3.8, 4) is 11.4 Å². The van der Waals surface area contributed by atoms with Gasteiger partial charge in [0.25, 0.3) is 5.91 Å². The van der Waals surface area contributed by atoms with E-state index in [9.17, 15) is 13.2 Å². The molecule has 2 heterocycles. The fraction of sp³-hybridized carbons (Fsp3) is 0.400. The summed E-state index contributed by atoms with van der Waals surface area (Å²) in [5.74, 6) is 0.448. The largest absolute Gasteiger partial charge is 0.338 e. The molecule has 23 heavy (non-hydrogen) atoms. The fourth-order valence-electron chi connectivity index (χ4n) is 2.60. The minimum Gasteiger partial charge on any atom is -0.338 e. The van der Waals surface area contributed by atoms with E-state index in [0.29, 0.717) is 24.4 Å². The standard InChI is InChI=1S/C15H18N4O3S/c1-11-5-6-19(7-8-23(11,21)22)15(20)13-4-2-3-12(9-13)14-16-10-17-18-14/h2-4,9-11H,5-8H2,1H3,(H,16,17,18)/t11-/m0/s1. The van der Waals surface area contributed by atoms with Gasteiger partial charge in [0.2, 0.25) is 0 Å². The van der Waals surface area contributed by atoms with E-state index in [4.69, 9.17) is 0 Å². The number of nitrogens with zero attached hydrogens (tertiary/aromatic N) is 3. The molecule has 7 nitrogen and oxygen atoms in total. The van der Waals surface area contributed by atoms with Crippen molar-refractivity contribution in [1.29, 1.82) is 0 Å². The SMILES string of the molecule is C[C@H]1CCN(C(=O)c2cccc(-c3ncn[nH]3)c2)CCS1(=O)=O. The van der Waals surface area contributed by atoms with E-state index in [1.165, 1.54) is 6.33 Å². The summed E-state index contributed by atoms with van der Waals surface area (Å²) in [6.07, 6.45) is 1.88. The van der Waals surface area contributed by atoms with Crippen LogP contribution in [0.1, 0.15) is 23.7 Å². The first-order chi connectivity index (χ1) is 11.0. The van der Waals surface area contributed by atoms with Crippen molar-refractivity contribution < 1.29 is 13.2 Å². The molecule has 1 atom stereocenters. The Morgan fingerprint density at radius 1 is 1.35 bits per heavy atom. The van der Waals surface area contributed by atoms with E-state index in [-0.39, 0.29) is 18.2 Å². The number of nitrogens with one attached hydrogen (secondary N) is 1. The number of benzene rings is 1. The number of sulfone groups is 1. The summed E-state index contributed by atoms with van der Waals surface area (Å²) in [5, 5.41) is 6.16. The quantitative estimate of drug-likeness (QED) is 0.888. The highest BCUT2D eigenvalue weighted by Gasteiger charge is 2.28. The highest BCUT2D eigenvalue weighted by molar-refractivity contribution is 7.92. The molecule has 0 radical (unpaired) electrons. The van der Waals surface area contributed by atoms with Gasteiger partial charge >= 0.3 is 0 Å². The van der Waals surface area contributed by atoms with Crippen molar-refractivity contribution in [3.63, 3.8) is 0 Å². The third-order valence-corrected chi connectivity index (χ3v) is 6.36. The van der Waals surface area contributed by atoms with E-state index in [1.54, 1.807) is 30.0 Å². The highest BCUT2D eigenvalue weighted by Crippen LogP contribution is 2.19. The van der Waals surface area contributed by atoms with Gasteiger partial charge in [-0.3, -0.25) is 9.89 Å². The molecule has 0 aliphatic carbocycles. The second kappa shape index (κ2) is 6.11. The molecule has 1 fully saturated rings. The van der Waals surface area contributed by atoms with Crippen LogP contribution in [0.4, 0.5) is 0 Å². The van der Waals surface area contributed by atoms with Crippen LogP contribution in [0.15, 0.2) is 30.6 Å². The molecule has 0 bridgehead atoms. The summed E-state index contributed by atoms with van der Waals surface area (Å²) in [7, 11) is -3.11. The van der Waals surface area contributed by atoms with Gasteiger partial charge in [-0.15, -0.1) is 0 Å². The van der Waals surface area contributed by atoms with Gasteiger partial charge < -0.3 is 4.90 Å². The van der Waals surface area contributed by atoms with Crippen LogP contribution in [0.2, 0.25) is 0 Å². The zero-order valence-corrected chi connectivity index (χ0v) is 13.6. The first-order valence-electron chi connectivity index (χ1n) is 7.44. The van der Waals surface area contributed by atoms with Crippen LogP contribution < -0.4 is 0 Å². The average molecular weight is 334 g/mol. The van der Waals surface area contributed by atoms with Crippen molar-refractivity contribution in [2.45, 2.75) is 18.6 Å². The summed E-state index contributed by atoms with van der Waals surface area (Å²) < 4.78 is 23.9. The predicted octanol–water partition coefficient (Wildman–Crippen LogP) is 1.12. The second-order valence-electron chi connectivity index (χ2n) is 5.67. The van der Waals surface area contributed by atoms with Crippen molar-refractivity contribution in [2.24, 2.45) is 0 Å². The third kappa shape index (κ3) is 3.26. The first kappa shape index (κ1) is 15.7. The molecule has 2 aromatic rings. The number of hydrogen-bond acceptors (Lipinski definition) is 5. The molecule has 1 saturated heterocycles. The Balaban J connectivity index is 1.82. The van der Waals surface area contributed by atoms with Gasteiger partial charge in [0.1, 0.15) is 6.33 Å². The lowest BCUT2D eigenvalue weighted by Gasteiger charge is -2.20. The lowest BCUT2D eigenvalue weighted by atomic mass is 10.1. The maximum absolute atomic E-state index is 12.7. The molecular weight excluding hydrogens is 316 g/mol. The molecular formula is C15H18N4O3S. The van der Waals surface area contributed by atoms with E-state index < -0.39 is 15.1 Å². The minimum absolute atomic E-state index is 0.0156. The fourth-order valence-corrected chi connectivity index (χ4v) is 3.94. The molecule has 0 unspecified atom stereocenters. The molecule has 8 heteroatoms. The monoisotopic (exact) mass is 334 g/mol. The number of carbonyl (C=O) groups excluding carboxylic acids is 1. The lowest BCUT2D eigenvalue weighted by Crippen LogP contribution is -2.33. The normalized spacial score (nSPS) is 20.9. The van der Waals surface area contributed by atoms with E-state index >= 15 is 0 Å². The third-order valence-electron chi connectivity index (χ3n) is 4.15. The van der Waals surface area contributed by atoms with Crippen LogP contribution in [0, 0.1) is 0 Å². The molecule has 1 aromatic carbocycles. The number of H-pyrrole nitrogens is 1. The summed E-state index contributed by atoms with van der Waals surface area (Å²) >= 11 is 0. The van der Waals surface area contributed by atoms with Crippen LogP contribution >= 0.6 is 0 Å². The summed E-state index contributed by atoms with van der Waals surface area (Å²) in [6.45, 7) is 2.39. The Bertz CT molecular complexity index is 802. The molecule has 1 aliphatic rings. The first-order valence-corrected chi connectivity index (χ1v) is 9.15. The minimum atomic E-state index is -3.11. The van der Waals surface area contributed by atoms with Gasteiger partial charge in [0.05, 0.1) is 11.0 Å². The average Bonchev–Trinajstić information content (AvgIpc) is 3.04. The van der Waals surface area contributed by atoms with Crippen LogP contribution in [0.25, 0.3) is 11.4 Å². The zero-order valence-electron chi connectivity index (χ0n) is 12.8. The molecule has 1 aromatic heterocycles. The Morgan fingerprint density at radius 3 is 2.91 bits per heavy atom. The molecule has 1 aliphatic heterocycles. The Kier molecular flexibility index (Phi) is 4.16. The smallest absolute Gasteiger partial charge is 0.253 e. The molecule has 1 N–H and O–H groups in total. The number of aromatic nitrogens is 3. The van der Waals surface area contributed by atoms with Gasteiger partial charge in [-0.2, -0.15) is 5.10 Å². The van der Waals surface area contributed by atoms with E-state index in [0.717, 1.165) is 5.56 Å². The van der Waals surface area contributed by atoms with Crippen molar-refractivity contribution in [2.75, 3.05) is 18.8 Å². The van der Waals surface area contributed by atoms with Crippen molar-refractivity contribution in [1.82, 2.24) is 20.1 Å². The Hall–Kier alpha value is -2.22. The number of hydrogen-bond donors (Lipinski definition) is 1. The van der Waals surface area contributed by atoms with Gasteiger partial charge in [-0.05, 0) is 25.5 Å². The molecule has 0 saturated carbocycles. The van der Waals surface area contributed by atoms with Crippen molar-refractivity contribution in [3.05, 3.63) is 36.2 Å². The maximum Gasteiger partial charge on any atom is 0.253 e. The summed E-state index contributed by atoms with van der Waals surface area (Å²) in [6, 6.07) is 7.09. The molecule has 1 amide bonds. The molecule has 122 valence electrons. The number of aromatic amines is 1. The van der Waals surface area contributed by atoms with E-state index in [1.807, 2.05) is 6.07 Å². The van der Waals surface area contributed by atoms with E-state index in [2.05, 4.69) is 15.2 Å². The predicted molar refractivity (Wildman–Crippen MR) is 85.6 cm³/mol. The summed E-state index contributed by atoms with van der Waals surface area (Å²) in [5.41, 5.74) is 1.29. The highest BCUT2D eigenvalue weighted by atomic mass is 32.2. The van der Waals surface area contributed by atoms with Gasteiger partial charge in [-0.25, -0.2) is 13.4 Å². The van der Waals surface area contributed by atoms with Gasteiger partial charge in [0.15, 0.2) is 15.7 Å². The van der Waals surface area contributed by atoms with Crippen molar-refractivity contribution >= 4 is 15.7 Å². The van der Waals surface area contributed by atoms with Crippen LogP contribution in [-0.2, 0) is 9.84 Å². The number of amides is 1. The van der Waals surface area contributed by atoms with Crippen LogP contribution in [-0.4, -0.2) is 58.5 Å². The zero-order chi connectivity index (χ0) is 16.4. The van der Waals surface area contributed by atoms with Crippen LogP contribution in [0.3, 0.4) is 0 Å². The summed E-state index contributed by atoms with van der Waals surface area (Å²) in [4.78, 5) is 18.4. The van der Waals surface area contributed by atoms with Gasteiger partial charge in [0, 0.05) is 24.2 Å². The molecule has 3 rings (SSSR count). The Morgan fingerprint density at radius 2 is 2.17 bits per heavy atom. The Labute approximate surface area is 134 Å². The molecule has 0 spiro atoms. The lowest BCUT2D eigenvalue weighted by molar-refractivity contribution is 0.0767.